The molecule has 0 aliphatic rings. The number of rotatable bonds is 7. The third-order valence-corrected chi connectivity index (χ3v) is 5.47. The van der Waals surface area contributed by atoms with Gasteiger partial charge in [-0.3, -0.25) is 0 Å². The first kappa shape index (κ1) is 16.9. The molecule has 0 heterocycles. The first-order chi connectivity index (χ1) is 9.38. The zero-order valence-corrected chi connectivity index (χ0v) is 13.6. The molecule has 0 saturated carbocycles. The molecule has 0 radical (unpaired) electrons. The molecule has 0 saturated heterocycles. The second-order valence-electron chi connectivity index (χ2n) is 4.79. The molecule has 114 valence electrons. The fraction of sp³-hybridized carbons (Fsp3) is 0.571. The van der Waals surface area contributed by atoms with Gasteiger partial charge in [-0.2, -0.15) is 4.31 Å². The molecular formula is C14H24N2O3S. The summed E-state index contributed by atoms with van der Waals surface area (Å²) in [6.07, 6.45) is 0.758. The third-order valence-electron chi connectivity index (χ3n) is 3.48. The zero-order chi connectivity index (χ0) is 15.3. The summed E-state index contributed by atoms with van der Waals surface area (Å²) in [5.41, 5.74) is 0.907. The Hall–Kier alpha value is -1.11. The standard InChI is InChI=1S/C14H24N2O3S/c1-6-11(2)16(4)20(17,18)14-9-12(10-15-3)7-8-13(14)19-5/h7-9,11,15H,6,10H2,1-5H3. The predicted octanol–water partition coefficient (Wildman–Crippen LogP) is 1.83. The van der Waals surface area contributed by atoms with Crippen LogP contribution in [0.5, 0.6) is 5.75 Å². The lowest BCUT2D eigenvalue weighted by Crippen LogP contribution is -2.34. The van der Waals surface area contributed by atoms with Gasteiger partial charge in [-0.25, -0.2) is 8.42 Å². The smallest absolute Gasteiger partial charge is 0.246 e. The van der Waals surface area contributed by atoms with Crippen LogP contribution in [0.4, 0.5) is 0 Å². The molecule has 0 spiro atoms. The van der Waals surface area contributed by atoms with Crippen LogP contribution in [0.2, 0.25) is 0 Å². The average Bonchev–Trinajstić information content (AvgIpc) is 2.45. The SMILES string of the molecule is CCC(C)N(C)S(=O)(=O)c1cc(CNC)ccc1OC. The number of benzene rings is 1. The molecule has 20 heavy (non-hydrogen) atoms. The maximum Gasteiger partial charge on any atom is 0.246 e. The molecular weight excluding hydrogens is 276 g/mol. The van der Waals surface area contributed by atoms with Gasteiger partial charge in [0.25, 0.3) is 0 Å². The topological polar surface area (TPSA) is 58.6 Å². The van der Waals surface area contributed by atoms with Crippen LogP contribution in [0.15, 0.2) is 23.1 Å². The van der Waals surface area contributed by atoms with Crippen molar-refractivity contribution < 1.29 is 13.2 Å². The van der Waals surface area contributed by atoms with E-state index in [1.807, 2.05) is 27.0 Å². The Morgan fingerprint density at radius 3 is 2.55 bits per heavy atom. The van der Waals surface area contributed by atoms with Crippen LogP contribution in [0, 0.1) is 0 Å². The van der Waals surface area contributed by atoms with E-state index in [9.17, 15) is 8.42 Å². The van der Waals surface area contributed by atoms with Gasteiger partial charge in [-0.1, -0.05) is 13.0 Å². The van der Waals surface area contributed by atoms with Crippen molar-refractivity contribution in [1.82, 2.24) is 9.62 Å². The molecule has 0 aliphatic heterocycles. The van der Waals surface area contributed by atoms with Crippen LogP contribution in [-0.4, -0.2) is 40.0 Å². The second-order valence-corrected chi connectivity index (χ2v) is 6.76. The molecule has 0 aromatic heterocycles. The van der Waals surface area contributed by atoms with Gasteiger partial charge >= 0.3 is 0 Å². The van der Waals surface area contributed by atoms with E-state index in [2.05, 4.69) is 5.32 Å². The van der Waals surface area contributed by atoms with Crippen LogP contribution in [0.3, 0.4) is 0 Å². The van der Waals surface area contributed by atoms with Crippen molar-refractivity contribution in [3.05, 3.63) is 23.8 Å². The maximum atomic E-state index is 12.7. The lowest BCUT2D eigenvalue weighted by atomic mass is 10.2. The van der Waals surface area contributed by atoms with E-state index in [-0.39, 0.29) is 10.9 Å². The highest BCUT2D eigenvalue weighted by Crippen LogP contribution is 2.28. The van der Waals surface area contributed by atoms with Crippen LogP contribution in [0.1, 0.15) is 25.8 Å². The number of nitrogens with one attached hydrogen (secondary N) is 1. The zero-order valence-electron chi connectivity index (χ0n) is 12.8. The van der Waals surface area contributed by atoms with Crippen LogP contribution in [0.25, 0.3) is 0 Å². The lowest BCUT2D eigenvalue weighted by Gasteiger charge is -2.24. The molecule has 1 unspecified atom stereocenters. The minimum Gasteiger partial charge on any atom is -0.495 e. The molecule has 6 heteroatoms. The van der Waals surface area contributed by atoms with E-state index < -0.39 is 10.0 Å². The quantitative estimate of drug-likeness (QED) is 0.834. The summed E-state index contributed by atoms with van der Waals surface area (Å²) in [5, 5.41) is 3.01. The maximum absolute atomic E-state index is 12.7. The summed E-state index contributed by atoms with van der Waals surface area (Å²) in [6.45, 7) is 4.46. The number of hydrogen-bond donors (Lipinski definition) is 1. The molecule has 1 aromatic carbocycles. The molecule has 0 amide bonds. The van der Waals surface area contributed by atoms with Gasteiger partial charge in [-0.15, -0.1) is 0 Å². The van der Waals surface area contributed by atoms with E-state index in [4.69, 9.17) is 4.74 Å². The van der Waals surface area contributed by atoms with Crippen molar-refractivity contribution in [3.8, 4) is 5.75 Å². The fourth-order valence-electron chi connectivity index (χ4n) is 1.89. The number of hydrogen-bond acceptors (Lipinski definition) is 4. The highest BCUT2D eigenvalue weighted by molar-refractivity contribution is 7.89. The van der Waals surface area contributed by atoms with Crippen molar-refractivity contribution in [1.29, 1.82) is 0 Å². The molecule has 5 nitrogen and oxygen atoms in total. The van der Waals surface area contributed by atoms with Crippen molar-refractivity contribution in [2.75, 3.05) is 21.2 Å². The molecule has 1 rings (SSSR count). The predicted molar refractivity (Wildman–Crippen MR) is 80.5 cm³/mol. The monoisotopic (exact) mass is 300 g/mol. The Balaban J connectivity index is 3.31. The molecule has 1 aromatic rings. The summed E-state index contributed by atoms with van der Waals surface area (Å²) >= 11 is 0. The second kappa shape index (κ2) is 7.06. The van der Waals surface area contributed by atoms with Gasteiger partial charge in [0.2, 0.25) is 10.0 Å². The van der Waals surface area contributed by atoms with Crippen molar-refractivity contribution >= 4 is 10.0 Å². The Bertz CT molecular complexity index is 543. The summed E-state index contributed by atoms with van der Waals surface area (Å²) in [6, 6.07) is 5.17. The molecule has 0 fully saturated rings. The Morgan fingerprint density at radius 2 is 2.05 bits per heavy atom. The van der Waals surface area contributed by atoms with E-state index in [0.717, 1.165) is 12.0 Å². The van der Waals surface area contributed by atoms with Crippen LogP contribution >= 0.6 is 0 Å². The third kappa shape index (κ3) is 3.50. The fourth-order valence-corrected chi connectivity index (χ4v) is 3.52. The summed E-state index contributed by atoms with van der Waals surface area (Å²) < 4.78 is 32.0. The summed E-state index contributed by atoms with van der Waals surface area (Å²) in [4.78, 5) is 0.218. The highest BCUT2D eigenvalue weighted by atomic mass is 32.2. The molecule has 1 atom stereocenters. The first-order valence-corrected chi connectivity index (χ1v) is 8.12. The van der Waals surface area contributed by atoms with E-state index in [0.29, 0.717) is 12.3 Å². The normalized spacial score (nSPS) is 13.5. The lowest BCUT2D eigenvalue weighted by molar-refractivity contribution is 0.371. The number of nitrogens with zero attached hydrogens (tertiary/aromatic N) is 1. The molecule has 0 aliphatic carbocycles. The number of methoxy groups -OCH3 is 1. The molecule has 0 bridgehead atoms. The largest absolute Gasteiger partial charge is 0.495 e. The van der Waals surface area contributed by atoms with Crippen LogP contribution < -0.4 is 10.1 Å². The van der Waals surface area contributed by atoms with Gasteiger partial charge in [0, 0.05) is 19.6 Å². The van der Waals surface area contributed by atoms with E-state index in [1.165, 1.54) is 11.4 Å². The summed E-state index contributed by atoms with van der Waals surface area (Å²) in [7, 11) is 1.36. The van der Waals surface area contributed by atoms with Gasteiger partial charge in [-0.05, 0) is 38.1 Å². The van der Waals surface area contributed by atoms with Crippen molar-refractivity contribution in [3.63, 3.8) is 0 Å². The van der Waals surface area contributed by atoms with Gasteiger partial charge in [0.1, 0.15) is 10.6 Å². The van der Waals surface area contributed by atoms with Crippen molar-refractivity contribution in [2.24, 2.45) is 0 Å². The number of ether oxygens (including phenoxy) is 1. The number of sulfonamides is 1. The Kier molecular flexibility index (Phi) is 5.98. The van der Waals surface area contributed by atoms with Gasteiger partial charge < -0.3 is 10.1 Å². The minimum absolute atomic E-state index is 0.0577. The Morgan fingerprint density at radius 1 is 1.40 bits per heavy atom. The first-order valence-electron chi connectivity index (χ1n) is 6.68. The highest BCUT2D eigenvalue weighted by Gasteiger charge is 2.27. The molecule has 1 N–H and O–H groups in total. The Labute approximate surface area is 122 Å². The minimum atomic E-state index is -3.55. The summed E-state index contributed by atoms with van der Waals surface area (Å²) in [5.74, 6) is 0.375. The van der Waals surface area contributed by atoms with Crippen LogP contribution in [-0.2, 0) is 16.6 Å². The van der Waals surface area contributed by atoms with Gasteiger partial charge in [0.15, 0.2) is 0 Å². The average molecular weight is 300 g/mol. The van der Waals surface area contributed by atoms with Crippen molar-refractivity contribution in [2.45, 2.75) is 37.8 Å². The van der Waals surface area contributed by atoms with E-state index in [1.54, 1.807) is 19.2 Å². The van der Waals surface area contributed by atoms with E-state index >= 15 is 0 Å². The van der Waals surface area contributed by atoms with Gasteiger partial charge in [0.05, 0.1) is 7.11 Å².